The molecule has 0 bridgehead atoms. The third kappa shape index (κ3) is 8.73. The van der Waals surface area contributed by atoms with Crippen LogP contribution in [-0.4, -0.2) is 66.2 Å². The zero-order chi connectivity index (χ0) is 30.8. The molecule has 43 heavy (non-hydrogen) atoms. The van der Waals surface area contributed by atoms with Gasteiger partial charge in [0.15, 0.2) is 11.4 Å². The summed E-state index contributed by atoms with van der Waals surface area (Å²) in [5.41, 5.74) is 1.51. The molecular weight excluding hydrogens is 550 g/mol. The summed E-state index contributed by atoms with van der Waals surface area (Å²) in [5.74, 6) is -1.62. The van der Waals surface area contributed by atoms with Gasteiger partial charge in [-0.2, -0.15) is 0 Å². The topological polar surface area (TPSA) is 146 Å². The zero-order valence-electron chi connectivity index (χ0n) is 24.2. The summed E-state index contributed by atoms with van der Waals surface area (Å²) >= 11 is 0. The van der Waals surface area contributed by atoms with E-state index in [1.54, 1.807) is 18.2 Å². The van der Waals surface area contributed by atoms with Crippen molar-refractivity contribution in [3.05, 3.63) is 96.1 Å². The Kier molecular flexibility index (Phi) is 10.6. The van der Waals surface area contributed by atoms with Crippen molar-refractivity contribution in [2.75, 3.05) is 19.8 Å². The van der Waals surface area contributed by atoms with Crippen LogP contribution in [0.3, 0.4) is 0 Å². The Morgan fingerprint density at radius 3 is 2.16 bits per heavy atom. The van der Waals surface area contributed by atoms with Gasteiger partial charge in [-0.05, 0) is 41.2 Å². The summed E-state index contributed by atoms with van der Waals surface area (Å²) in [7, 11) is 0. The lowest BCUT2D eigenvalue weighted by Gasteiger charge is -2.25. The van der Waals surface area contributed by atoms with Crippen molar-refractivity contribution in [1.29, 1.82) is 0 Å². The van der Waals surface area contributed by atoms with E-state index >= 15 is 0 Å². The predicted molar refractivity (Wildman–Crippen MR) is 160 cm³/mol. The highest BCUT2D eigenvalue weighted by Crippen LogP contribution is 2.30. The van der Waals surface area contributed by atoms with E-state index in [9.17, 15) is 24.3 Å². The summed E-state index contributed by atoms with van der Waals surface area (Å²) in [6.07, 6.45) is -0.482. The summed E-state index contributed by atoms with van der Waals surface area (Å²) in [5, 5.41) is 17.7. The van der Waals surface area contributed by atoms with E-state index < -0.39 is 48.0 Å². The van der Waals surface area contributed by atoms with Crippen LogP contribution in [0.2, 0.25) is 0 Å². The number of hydrogen-bond donors (Lipinski definition) is 4. The fraction of sp³-hybridized carbons (Fsp3) is 0.333. The summed E-state index contributed by atoms with van der Waals surface area (Å²) in [4.78, 5) is 52.6. The lowest BCUT2D eigenvalue weighted by molar-refractivity contribution is -0.132. The number of ether oxygens (including phenoxy) is 2. The number of benzene rings is 3. The van der Waals surface area contributed by atoms with Crippen LogP contribution < -0.4 is 16.0 Å². The van der Waals surface area contributed by atoms with E-state index in [0.29, 0.717) is 12.0 Å². The minimum absolute atomic E-state index is 0.0242. The van der Waals surface area contributed by atoms with Crippen LogP contribution in [0, 0.1) is 5.92 Å². The van der Waals surface area contributed by atoms with Gasteiger partial charge >= 0.3 is 6.09 Å². The molecule has 1 aliphatic rings. The first-order valence-electron chi connectivity index (χ1n) is 14.2. The smallest absolute Gasteiger partial charge is 0.407 e. The quantitative estimate of drug-likeness (QED) is 0.212. The van der Waals surface area contributed by atoms with Gasteiger partial charge in [0.25, 0.3) is 5.91 Å². The molecule has 0 saturated carbocycles. The molecule has 1 saturated heterocycles. The Balaban J connectivity index is 1.49. The Bertz CT molecular complexity index is 1410. The van der Waals surface area contributed by atoms with Crippen molar-refractivity contribution in [1.82, 2.24) is 16.0 Å². The van der Waals surface area contributed by atoms with E-state index in [-0.39, 0.29) is 25.7 Å². The number of epoxide rings is 1. The number of carbonyl (C=O) groups is 4. The number of aliphatic hydroxyl groups excluding tert-OH is 1. The average Bonchev–Trinajstić information content (AvgIpc) is 3.83. The van der Waals surface area contributed by atoms with Gasteiger partial charge < -0.3 is 30.5 Å². The molecule has 3 aromatic rings. The van der Waals surface area contributed by atoms with Gasteiger partial charge in [-0.25, -0.2) is 4.79 Å². The lowest BCUT2D eigenvalue weighted by atomic mass is 9.92. The van der Waals surface area contributed by atoms with Crippen LogP contribution in [0.15, 0.2) is 84.9 Å². The number of amides is 3. The van der Waals surface area contributed by atoms with Gasteiger partial charge in [0.05, 0.1) is 25.8 Å². The predicted octanol–water partition coefficient (Wildman–Crippen LogP) is 3.24. The second-order valence-electron chi connectivity index (χ2n) is 10.9. The maximum atomic E-state index is 13.5. The second-order valence-corrected chi connectivity index (χ2v) is 10.9. The number of nitrogens with one attached hydrogen (secondary N) is 3. The molecule has 3 aromatic carbocycles. The standard InChI is InChI=1S/C33H37N3O7/c1-22(2)16-27(29(38)33(20-37)21-43-33)35-31(40)28(18-34-32(41)42-19-23-10-5-3-6-11-23)36-30(39)26-15-9-14-25(17-26)24-12-7-4-8-13-24/h3-15,17,22,27-28,37H,16,18-21H2,1-2H3,(H,34,41)(H,35,40)(H,36,39). The number of rotatable bonds is 14. The van der Waals surface area contributed by atoms with Gasteiger partial charge in [-0.3, -0.25) is 14.4 Å². The Hall–Kier alpha value is -4.54. The van der Waals surface area contributed by atoms with Crippen LogP contribution in [0.4, 0.5) is 4.79 Å². The van der Waals surface area contributed by atoms with Gasteiger partial charge in [0.1, 0.15) is 12.6 Å². The van der Waals surface area contributed by atoms with Crippen LogP contribution in [-0.2, 0) is 25.7 Å². The third-order valence-corrected chi connectivity index (χ3v) is 7.05. The highest BCUT2D eigenvalue weighted by Gasteiger charge is 2.54. The van der Waals surface area contributed by atoms with E-state index in [4.69, 9.17) is 9.47 Å². The fourth-order valence-corrected chi connectivity index (χ4v) is 4.57. The molecule has 4 N–H and O–H groups in total. The number of ketones is 1. The van der Waals surface area contributed by atoms with Gasteiger partial charge in [0.2, 0.25) is 5.91 Å². The molecule has 10 nitrogen and oxygen atoms in total. The minimum Gasteiger partial charge on any atom is -0.445 e. The van der Waals surface area contributed by atoms with Crippen LogP contribution in [0.25, 0.3) is 11.1 Å². The Morgan fingerprint density at radius 1 is 0.884 bits per heavy atom. The first-order chi connectivity index (χ1) is 20.7. The molecule has 3 amide bonds. The molecule has 1 fully saturated rings. The number of alkyl carbamates (subject to hydrolysis) is 1. The summed E-state index contributed by atoms with van der Waals surface area (Å²) in [6, 6.07) is 23.4. The maximum absolute atomic E-state index is 13.5. The van der Waals surface area contributed by atoms with Crippen molar-refractivity contribution in [2.24, 2.45) is 5.92 Å². The van der Waals surface area contributed by atoms with Crippen LogP contribution >= 0.6 is 0 Å². The molecule has 3 atom stereocenters. The highest BCUT2D eigenvalue weighted by atomic mass is 16.6. The molecule has 10 heteroatoms. The molecular formula is C33H37N3O7. The zero-order valence-corrected chi connectivity index (χ0v) is 24.2. The third-order valence-electron chi connectivity index (χ3n) is 7.05. The van der Waals surface area contributed by atoms with Crippen molar-refractivity contribution >= 4 is 23.7 Å². The summed E-state index contributed by atoms with van der Waals surface area (Å²) < 4.78 is 10.5. The monoisotopic (exact) mass is 587 g/mol. The van der Waals surface area contributed by atoms with E-state index in [1.807, 2.05) is 80.6 Å². The first-order valence-corrected chi connectivity index (χ1v) is 14.2. The van der Waals surface area contributed by atoms with E-state index in [1.165, 1.54) is 0 Å². The SMILES string of the molecule is CC(C)CC(NC(=O)C(CNC(=O)OCc1ccccc1)NC(=O)c1cccc(-c2ccccc2)c1)C(=O)C1(CO)CO1. The molecule has 0 aliphatic carbocycles. The van der Waals surface area contributed by atoms with E-state index in [0.717, 1.165) is 16.7 Å². The Morgan fingerprint density at radius 2 is 1.53 bits per heavy atom. The minimum atomic E-state index is -1.33. The Labute approximate surface area is 250 Å². The second kappa shape index (κ2) is 14.6. The van der Waals surface area contributed by atoms with E-state index in [2.05, 4.69) is 16.0 Å². The van der Waals surface area contributed by atoms with Crippen molar-refractivity contribution in [2.45, 2.75) is 44.6 Å². The molecule has 1 aliphatic heterocycles. The molecule has 226 valence electrons. The molecule has 3 unspecified atom stereocenters. The fourth-order valence-electron chi connectivity index (χ4n) is 4.57. The lowest BCUT2D eigenvalue weighted by Crippen LogP contribution is -2.57. The maximum Gasteiger partial charge on any atom is 0.407 e. The average molecular weight is 588 g/mol. The van der Waals surface area contributed by atoms with Gasteiger partial charge in [0, 0.05) is 5.56 Å². The van der Waals surface area contributed by atoms with Crippen molar-refractivity contribution in [3.8, 4) is 11.1 Å². The van der Waals surface area contributed by atoms with Gasteiger partial charge in [-0.15, -0.1) is 0 Å². The van der Waals surface area contributed by atoms with Crippen LogP contribution in [0.5, 0.6) is 0 Å². The largest absolute Gasteiger partial charge is 0.445 e. The number of Topliss-reactive ketones (excluding diaryl/α,β-unsaturated/α-hetero) is 1. The molecule has 1 heterocycles. The first kappa shape index (κ1) is 31.4. The molecule has 4 rings (SSSR count). The number of aliphatic hydroxyl groups is 1. The molecule has 0 radical (unpaired) electrons. The molecule has 0 spiro atoms. The molecule has 0 aromatic heterocycles. The number of hydrogen-bond acceptors (Lipinski definition) is 7. The number of carbonyl (C=O) groups excluding carboxylic acids is 4. The van der Waals surface area contributed by atoms with Gasteiger partial charge in [-0.1, -0.05) is 86.6 Å². The van der Waals surface area contributed by atoms with Crippen molar-refractivity contribution < 1.29 is 33.8 Å². The highest BCUT2D eigenvalue weighted by molar-refractivity contribution is 6.01. The normalized spacial score (nSPS) is 16.9. The summed E-state index contributed by atoms with van der Waals surface area (Å²) in [6.45, 7) is 3.09. The van der Waals surface area contributed by atoms with Crippen molar-refractivity contribution in [3.63, 3.8) is 0 Å². The van der Waals surface area contributed by atoms with Crippen LogP contribution in [0.1, 0.15) is 36.2 Å².